The van der Waals surface area contributed by atoms with Gasteiger partial charge in [0.15, 0.2) is 11.5 Å². The van der Waals surface area contributed by atoms with Gasteiger partial charge in [0.05, 0.1) is 26.1 Å². The van der Waals surface area contributed by atoms with Crippen LogP contribution in [-0.2, 0) is 38.0 Å². The highest BCUT2D eigenvalue weighted by Crippen LogP contribution is 2.75. The first-order chi connectivity index (χ1) is 21.6. The van der Waals surface area contributed by atoms with Gasteiger partial charge < -0.3 is 14.6 Å². The number of anilines is 1. The van der Waals surface area contributed by atoms with Crippen molar-refractivity contribution in [2.24, 2.45) is 40.9 Å². The third kappa shape index (κ3) is 5.26. The van der Waals surface area contributed by atoms with Gasteiger partial charge in [-0.1, -0.05) is 38.0 Å². The molecule has 5 fully saturated rings. The van der Waals surface area contributed by atoms with E-state index in [0.717, 1.165) is 61.4 Å². The molecule has 0 heterocycles. The van der Waals surface area contributed by atoms with Gasteiger partial charge in [-0.3, -0.25) is 9.56 Å². The molecule has 0 radical (unpaired) electrons. The Morgan fingerprint density at radius 2 is 1.87 bits per heavy atom. The van der Waals surface area contributed by atoms with Crippen LogP contribution in [0.15, 0.2) is 36.4 Å². The van der Waals surface area contributed by atoms with Crippen LogP contribution < -0.4 is 14.9 Å². The van der Waals surface area contributed by atoms with Crippen molar-refractivity contribution >= 4 is 15.7 Å². The maximum absolute atomic E-state index is 11.9. The van der Waals surface area contributed by atoms with Crippen molar-refractivity contribution in [2.75, 3.05) is 31.7 Å². The molecule has 2 aromatic carbocycles. The zero-order valence-corrected chi connectivity index (χ0v) is 28.0. The van der Waals surface area contributed by atoms with Crippen molar-refractivity contribution in [1.82, 2.24) is 5.48 Å². The molecule has 5 saturated carbocycles. The number of sulfonamides is 1. The van der Waals surface area contributed by atoms with Gasteiger partial charge in [0.25, 0.3) is 0 Å². The lowest BCUT2D eigenvalue weighted by Gasteiger charge is -2.66. The summed E-state index contributed by atoms with van der Waals surface area (Å²) in [6.07, 6.45) is 12.1. The Kier molecular flexibility index (Phi) is 8.15. The molecule has 8 unspecified atom stereocenters. The highest BCUT2D eigenvalue weighted by atomic mass is 32.2. The average Bonchev–Trinajstić information content (AvgIpc) is 3.83. The summed E-state index contributed by atoms with van der Waals surface area (Å²) in [7, 11) is 0.196. The predicted octanol–water partition coefficient (Wildman–Crippen LogP) is 6.18. The number of nitrogens with one attached hydrogen (secondary N) is 2. The average molecular weight is 639 g/mol. The van der Waals surface area contributed by atoms with Gasteiger partial charge in [0.1, 0.15) is 0 Å². The molecule has 6 aliphatic carbocycles. The van der Waals surface area contributed by atoms with Gasteiger partial charge in [-0.25, -0.2) is 13.9 Å². The van der Waals surface area contributed by atoms with Gasteiger partial charge in [-0.2, -0.15) is 0 Å². The lowest BCUT2D eigenvalue weighted by molar-refractivity contribution is -0.113. The van der Waals surface area contributed by atoms with E-state index < -0.39 is 10.0 Å². The highest BCUT2D eigenvalue weighted by Gasteiger charge is 2.71. The second-order valence-corrected chi connectivity index (χ2v) is 16.7. The van der Waals surface area contributed by atoms with E-state index in [1.165, 1.54) is 37.7 Å². The lowest BCUT2D eigenvalue weighted by Crippen LogP contribution is -2.62. The molecule has 8 atom stereocenters. The minimum Gasteiger partial charge on any atom is -0.504 e. The summed E-state index contributed by atoms with van der Waals surface area (Å²) in [5.41, 5.74) is 7.17. The second-order valence-electron chi connectivity index (χ2n) is 14.9. The van der Waals surface area contributed by atoms with E-state index in [4.69, 9.17) is 14.3 Å². The Balaban J connectivity index is 1.19. The van der Waals surface area contributed by atoms with Crippen LogP contribution in [0.3, 0.4) is 0 Å². The van der Waals surface area contributed by atoms with Crippen LogP contribution in [0.5, 0.6) is 11.5 Å². The molecule has 0 amide bonds. The standard InChI is InChI=1S/C36H50N2O6S/c1-22-34(43-3)29-13-14-35(19-27(29)20-37-44-21-24-6-5-7-28(17-24)38-45(4,40)41)30-18-26-10-11-31(42-2)33(39)32(26)36(22,35)15-12-25(30)16-23-8-9-23/h5-7,10-11,17,22-23,25,27,29-30,34,37-39H,8-9,12-16,18-21H2,1-4H3. The number of methoxy groups -OCH3 is 2. The van der Waals surface area contributed by atoms with E-state index in [1.807, 2.05) is 31.4 Å². The lowest BCUT2D eigenvalue weighted by atomic mass is 9.37. The van der Waals surface area contributed by atoms with Crippen molar-refractivity contribution < 1.29 is 27.8 Å². The Hall–Kier alpha value is -2.33. The summed E-state index contributed by atoms with van der Waals surface area (Å²) in [6, 6.07) is 11.5. The number of benzene rings is 2. The van der Waals surface area contributed by atoms with Gasteiger partial charge >= 0.3 is 0 Å². The van der Waals surface area contributed by atoms with E-state index in [2.05, 4.69) is 23.2 Å². The Labute approximate surface area is 268 Å². The van der Waals surface area contributed by atoms with Crippen LogP contribution >= 0.6 is 0 Å². The number of ether oxygens (including phenoxy) is 2. The van der Waals surface area contributed by atoms with Crippen LogP contribution in [0.2, 0.25) is 0 Å². The first kappa shape index (κ1) is 31.3. The third-order valence-electron chi connectivity index (χ3n) is 12.8. The zero-order chi connectivity index (χ0) is 31.6. The molecule has 0 saturated heterocycles. The van der Waals surface area contributed by atoms with E-state index in [1.54, 1.807) is 13.2 Å². The highest BCUT2D eigenvalue weighted by molar-refractivity contribution is 7.92. The normalized spacial score (nSPS) is 35.3. The summed E-state index contributed by atoms with van der Waals surface area (Å²) < 4.78 is 38.1. The summed E-state index contributed by atoms with van der Waals surface area (Å²) in [5, 5.41) is 11.9. The van der Waals surface area contributed by atoms with Crippen molar-refractivity contribution in [1.29, 1.82) is 0 Å². The van der Waals surface area contributed by atoms with Crippen LogP contribution in [0.25, 0.3) is 0 Å². The minimum absolute atomic E-state index is 0.0807. The Morgan fingerprint density at radius 3 is 2.60 bits per heavy atom. The van der Waals surface area contributed by atoms with Gasteiger partial charge in [-0.15, -0.1) is 0 Å². The second kappa shape index (κ2) is 11.7. The van der Waals surface area contributed by atoms with Crippen molar-refractivity contribution in [3.63, 3.8) is 0 Å². The smallest absolute Gasteiger partial charge is 0.229 e. The van der Waals surface area contributed by atoms with Crippen LogP contribution in [-0.4, -0.2) is 46.6 Å². The molecule has 0 aromatic heterocycles. The molecule has 8 rings (SSSR count). The van der Waals surface area contributed by atoms with E-state index in [-0.39, 0.29) is 22.9 Å². The Bertz CT molecular complexity index is 1530. The fraction of sp³-hybridized carbons (Fsp3) is 0.667. The van der Waals surface area contributed by atoms with E-state index >= 15 is 0 Å². The Morgan fingerprint density at radius 1 is 1.04 bits per heavy atom. The van der Waals surface area contributed by atoms with Gasteiger partial charge in [-0.05, 0) is 115 Å². The van der Waals surface area contributed by atoms with E-state index in [9.17, 15) is 13.5 Å². The topological polar surface area (TPSA) is 106 Å². The van der Waals surface area contributed by atoms with Gasteiger partial charge in [0.2, 0.25) is 10.0 Å². The van der Waals surface area contributed by atoms with Gasteiger partial charge in [0, 0.05) is 30.3 Å². The maximum Gasteiger partial charge on any atom is 0.229 e. The van der Waals surface area contributed by atoms with Crippen LogP contribution in [0.4, 0.5) is 5.69 Å². The first-order valence-corrected chi connectivity index (χ1v) is 18.8. The minimum atomic E-state index is -3.35. The zero-order valence-electron chi connectivity index (χ0n) is 27.2. The van der Waals surface area contributed by atoms with Crippen LogP contribution in [0, 0.1) is 40.9 Å². The van der Waals surface area contributed by atoms with E-state index in [0.29, 0.717) is 41.5 Å². The van der Waals surface area contributed by atoms with Crippen molar-refractivity contribution in [3.8, 4) is 11.5 Å². The third-order valence-corrected chi connectivity index (χ3v) is 13.4. The summed E-state index contributed by atoms with van der Waals surface area (Å²) in [4.78, 5) is 6.04. The summed E-state index contributed by atoms with van der Waals surface area (Å²) in [5.74, 6) is 4.19. The molecular formula is C36H50N2O6S. The molecule has 2 aromatic rings. The van der Waals surface area contributed by atoms with Crippen molar-refractivity contribution in [3.05, 3.63) is 53.1 Å². The number of hydroxylamine groups is 1. The number of fused-ring (bicyclic) bond motifs is 4. The predicted molar refractivity (Wildman–Crippen MR) is 175 cm³/mol. The quantitative estimate of drug-likeness (QED) is 0.199. The molecular weight excluding hydrogens is 588 g/mol. The number of aromatic hydroxyl groups is 1. The monoisotopic (exact) mass is 638 g/mol. The number of hydrogen-bond donors (Lipinski definition) is 3. The molecule has 8 nitrogen and oxygen atoms in total. The molecule has 1 spiro atoms. The molecule has 6 aliphatic rings. The molecule has 9 heteroatoms. The number of rotatable bonds is 11. The largest absolute Gasteiger partial charge is 0.504 e. The number of phenols is 1. The SMILES string of the molecule is COc1ccc2c(c1O)C13CCC(CC4CC4)C(C2)C12CCC(C(CNOCc1cccc(NS(C)(=O)=O)c1)C2)C(OC)C3C. The molecule has 246 valence electrons. The molecule has 4 bridgehead atoms. The fourth-order valence-electron chi connectivity index (χ4n) is 11.1. The number of hydrogen-bond acceptors (Lipinski definition) is 7. The van der Waals surface area contributed by atoms with Crippen LogP contribution in [0.1, 0.15) is 75.0 Å². The summed E-state index contributed by atoms with van der Waals surface area (Å²) >= 11 is 0. The molecule has 45 heavy (non-hydrogen) atoms. The first-order valence-electron chi connectivity index (χ1n) is 16.9. The van der Waals surface area contributed by atoms with Crippen molar-refractivity contribution in [2.45, 2.75) is 82.8 Å². The molecule has 0 aliphatic heterocycles. The molecule has 3 N–H and O–H groups in total. The fourth-order valence-corrected chi connectivity index (χ4v) is 11.6. The maximum atomic E-state index is 11.9. The summed E-state index contributed by atoms with van der Waals surface area (Å²) in [6.45, 7) is 3.48. The number of phenolic OH excluding ortho intramolecular Hbond substituents is 1.